The van der Waals surface area contributed by atoms with Crippen molar-refractivity contribution in [3.8, 4) is 0 Å². The molecule has 19 heavy (non-hydrogen) atoms. The highest BCUT2D eigenvalue weighted by Crippen LogP contribution is 2.26. The largest absolute Gasteiger partial charge is 0.374 e. The smallest absolute Gasteiger partial charge is 0.0726 e. The fourth-order valence-corrected chi connectivity index (χ4v) is 2.72. The Morgan fingerprint density at radius 1 is 1.32 bits per heavy atom. The maximum absolute atomic E-state index is 5.95. The summed E-state index contributed by atoms with van der Waals surface area (Å²) in [7, 11) is 2.14. The highest BCUT2D eigenvalue weighted by molar-refractivity contribution is 7.98. The fourth-order valence-electron chi connectivity index (χ4n) is 2.16. The van der Waals surface area contributed by atoms with Crippen molar-refractivity contribution >= 4 is 40.0 Å². The zero-order chi connectivity index (χ0) is 13.7. The Kier molecular flexibility index (Phi) is 5.34. The number of benzene rings is 1. The van der Waals surface area contributed by atoms with Crippen LogP contribution in [-0.4, -0.2) is 30.6 Å². The van der Waals surface area contributed by atoms with Crippen molar-refractivity contribution in [1.82, 2.24) is 4.98 Å². The van der Waals surface area contributed by atoms with Gasteiger partial charge in [-0.2, -0.15) is 11.8 Å². The third-order valence-corrected chi connectivity index (χ3v) is 4.11. The van der Waals surface area contributed by atoms with Gasteiger partial charge in [0.2, 0.25) is 0 Å². The van der Waals surface area contributed by atoms with E-state index in [9.17, 15) is 0 Å². The molecule has 0 spiro atoms. The standard InChI is InChI=1S/C15H19ClN2S/c1-18(8-5-9-19-2)15-10-12(11-16)17-14-7-4-3-6-13(14)15/h3-4,6-7,10H,5,8-9,11H2,1-2H3. The van der Waals surface area contributed by atoms with E-state index < -0.39 is 0 Å². The molecule has 0 bridgehead atoms. The van der Waals surface area contributed by atoms with E-state index in [1.807, 2.05) is 23.9 Å². The summed E-state index contributed by atoms with van der Waals surface area (Å²) in [6, 6.07) is 10.4. The van der Waals surface area contributed by atoms with Crippen LogP contribution in [0.25, 0.3) is 10.9 Å². The lowest BCUT2D eigenvalue weighted by molar-refractivity contribution is 0.861. The minimum atomic E-state index is 0.455. The predicted molar refractivity (Wildman–Crippen MR) is 87.6 cm³/mol. The number of aromatic nitrogens is 1. The van der Waals surface area contributed by atoms with Crippen molar-refractivity contribution in [3.63, 3.8) is 0 Å². The molecule has 0 fully saturated rings. The summed E-state index contributed by atoms with van der Waals surface area (Å²) in [5, 5.41) is 1.20. The Morgan fingerprint density at radius 3 is 2.84 bits per heavy atom. The molecule has 0 unspecified atom stereocenters. The fraction of sp³-hybridized carbons (Fsp3) is 0.400. The third-order valence-electron chi connectivity index (χ3n) is 3.14. The second kappa shape index (κ2) is 7.01. The first kappa shape index (κ1) is 14.5. The SMILES string of the molecule is CSCCCN(C)c1cc(CCl)nc2ccccc12. The van der Waals surface area contributed by atoms with Crippen molar-refractivity contribution < 1.29 is 0 Å². The predicted octanol–water partition coefficient (Wildman–Crippen LogP) is 4.16. The van der Waals surface area contributed by atoms with E-state index in [1.165, 1.54) is 23.2 Å². The Morgan fingerprint density at radius 2 is 2.11 bits per heavy atom. The summed E-state index contributed by atoms with van der Waals surface area (Å²) < 4.78 is 0. The van der Waals surface area contributed by atoms with Crippen LogP contribution in [0, 0.1) is 0 Å². The van der Waals surface area contributed by atoms with E-state index in [4.69, 9.17) is 11.6 Å². The second-order valence-corrected chi connectivity index (χ2v) is 5.80. The molecule has 0 radical (unpaired) electrons. The lowest BCUT2D eigenvalue weighted by Gasteiger charge is -2.21. The molecule has 0 N–H and O–H groups in total. The molecule has 0 amide bonds. The Labute approximate surface area is 124 Å². The highest BCUT2D eigenvalue weighted by atomic mass is 35.5. The van der Waals surface area contributed by atoms with Crippen LogP contribution in [0.5, 0.6) is 0 Å². The number of nitrogens with zero attached hydrogens (tertiary/aromatic N) is 2. The topological polar surface area (TPSA) is 16.1 Å². The number of hydrogen-bond acceptors (Lipinski definition) is 3. The number of halogens is 1. The first-order chi connectivity index (χ1) is 9.26. The van der Waals surface area contributed by atoms with Gasteiger partial charge in [-0.25, -0.2) is 0 Å². The summed E-state index contributed by atoms with van der Waals surface area (Å²) in [5.41, 5.74) is 3.18. The van der Waals surface area contributed by atoms with Crippen LogP contribution >= 0.6 is 23.4 Å². The zero-order valence-corrected chi connectivity index (χ0v) is 13.0. The zero-order valence-electron chi connectivity index (χ0n) is 11.4. The van der Waals surface area contributed by atoms with E-state index in [-0.39, 0.29) is 0 Å². The highest BCUT2D eigenvalue weighted by Gasteiger charge is 2.09. The average Bonchev–Trinajstić information content (AvgIpc) is 2.46. The van der Waals surface area contributed by atoms with E-state index >= 15 is 0 Å². The molecule has 0 aliphatic rings. The molecule has 2 rings (SSSR count). The first-order valence-electron chi connectivity index (χ1n) is 6.41. The maximum Gasteiger partial charge on any atom is 0.0726 e. The lowest BCUT2D eigenvalue weighted by Crippen LogP contribution is -2.19. The number of alkyl halides is 1. The van der Waals surface area contributed by atoms with E-state index in [1.54, 1.807) is 0 Å². The Bertz CT molecular complexity index is 545. The molecular weight excluding hydrogens is 276 g/mol. The van der Waals surface area contributed by atoms with Gasteiger partial charge < -0.3 is 4.90 Å². The molecular formula is C15H19ClN2S. The molecule has 0 aliphatic heterocycles. The maximum atomic E-state index is 5.95. The second-order valence-electron chi connectivity index (χ2n) is 4.55. The van der Waals surface area contributed by atoms with Gasteiger partial charge in [-0.15, -0.1) is 11.6 Å². The van der Waals surface area contributed by atoms with Crippen LogP contribution in [0.3, 0.4) is 0 Å². The van der Waals surface area contributed by atoms with Crippen molar-refractivity contribution in [2.24, 2.45) is 0 Å². The summed E-state index contributed by atoms with van der Waals surface area (Å²) in [6.45, 7) is 1.05. The minimum Gasteiger partial charge on any atom is -0.374 e. The molecule has 4 heteroatoms. The van der Waals surface area contributed by atoms with Gasteiger partial charge in [-0.1, -0.05) is 18.2 Å². The molecule has 0 aliphatic carbocycles. The number of anilines is 1. The number of rotatable bonds is 6. The Hall–Kier alpha value is -0.930. The monoisotopic (exact) mass is 294 g/mol. The number of thioether (sulfide) groups is 1. The van der Waals surface area contributed by atoms with Gasteiger partial charge in [-0.3, -0.25) is 4.98 Å². The van der Waals surface area contributed by atoms with Crippen molar-refractivity contribution in [1.29, 1.82) is 0 Å². The normalized spacial score (nSPS) is 10.9. The molecule has 0 saturated carbocycles. The number of para-hydroxylation sites is 1. The first-order valence-corrected chi connectivity index (χ1v) is 8.34. The van der Waals surface area contributed by atoms with Gasteiger partial charge >= 0.3 is 0 Å². The molecule has 2 nitrogen and oxygen atoms in total. The van der Waals surface area contributed by atoms with Crippen molar-refractivity contribution in [3.05, 3.63) is 36.0 Å². The van der Waals surface area contributed by atoms with Gasteiger partial charge in [-0.05, 0) is 30.6 Å². The molecule has 0 saturated heterocycles. The number of fused-ring (bicyclic) bond motifs is 1. The van der Waals surface area contributed by atoms with Gasteiger partial charge in [0.25, 0.3) is 0 Å². The molecule has 102 valence electrons. The van der Waals surface area contributed by atoms with Gasteiger partial charge in [0.15, 0.2) is 0 Å². The van der Waals surface area contributed by atoms with Gasteiger partial charge in [0.05, 0.1) is 17.1 Å². The van der Waals surface area contributed by atoms with Crippen LogP contribution in [-0.2, 0) is 5.88 Å². The third kappa shape index (κ3) is 3.54. The van der Waals surface area contributed by atoms with Gasteiger partial charge in [0, 0.05) is 24.7 Å². The van der Waals surface area contributed by atoms with Crippen LogP contribution in [0.2, 0.25) is 0 Å². The summed E-state index contributed by atoms with van der Waals surface area (Å²) in [4.78, 5) is 6.87. The molecule has 2 aromatic rings. The molecule has 1 aromatic carbocycles. The summed E-state index contributed by atoms with van der Waals surface area (Å²) in [5.74, 6) is 1.65. The minimum absolute atomic E-state index is 0.455. The van der Waals surface area contributed by atoms with Crippen LogP contribution < -0.4 is 4.90 Å². The number of hydrogen-bond donors (Lipinski definition) is 0. The van der Waals surface area contributed by atoms with Crippen LogP contribution in [0.4, 0.5) is 5.69 Å². The van der Waals surface area contributed by atoms with E-state index in [0.717, 1.165) is 17.8 Å². The molecule has 1 aromatic heterocycles. The van der Waals surface area contributed by atoms with E-state index in [2.05, 4.69) is 41.4 Å². The Balaban J connectivity index is 2.34. The molecule has 1 heterocycles. The average molecular weight is 295 g/mol. The summed E-state index contributed by atoms with van der Waals surface area (Å²) >= 11 is 7.84. The quantitative estimate of drug-likeness (QED) is 0.588. The number of pyridine rings is 1. The van der Waals surface area contributed by atoms with Crippen LogP contribution in [0.15, 0.2) is 30.3 Å². The van der Waals surface area contributed by atoms with E-state index in [0.29, 0.717) is 5.88 Å². The molecule has 0 atom stereocenters. The van der Waals surface area contributed by atoms with Crippen molar-refractivity contribution in [2.75, 3.05) is 30.5 Å². The van der Waals surface area contributed by atoms with Crippen molar-refractivity contribution in [2.45, 2.75) is 12.3 Å². The van der Waals surface area contributed by atoms with Gasteiger partial charge in [0.1, 0.15) is 0 Å². The summed E-state index contributed by atoms with van der Waals surface area (Å²) in [6.07, 6.45) is 3.33. The van der Waals surface area contributed by atoms with Crippen LogP contribution in [0.1, 0.15) is 12.1 Å². The lowest BCUT2D eigenvalue weighted by atomic mass is 10.1.